The number of benzene rings is 2. The summed E-state index contributed by atoms with van der Waals surface area (Å²) in [4.78, 5) is 35.1. The Balaban J connectivity index is 1.07. The van der Waals surface area contributed by atoms with Gasteiger partial charge in [-0.1, -0.05) is 41.6 Å². The second-order valence-corrected chi connectivity index (χ2v) is 13.4. The number of amides is 1. The van der Waals surface area contributed by atoms with Crippen molar-refractivity contribution in [1.82, 2.24) is 19.9 Å². The Morgan fingerprint density at radius 2 is 1.73 bits per heavy atom. The fraction of sp³-hybridized carbons (Fsp3) is 0.314. The van der Waals surface area contributed by atoms with Crippen molar-refractivity contribution in [1.29, 1.82) is 0 Å². The Kier molecular flexibility index (Phi) is 8.71. The summed E-state index contributed by atoms with van der Waals surface area (Å²) in [6, 6.07) is 19.9. The monoisotopic (exact) mass is 638 g/mol. The highest BCUT2D eigenvalue weighted by Crippen LogP contribution is 2.39. The molecule has 2 aromatic carbocycles. The third-order valence-corrected chi connectivity index (χ3v) is 10.7. The van der Waals surface area contributed by atoms with E-state index in [1.807, 2.05) is 65.7 Å². The number of hydrogen-bond acceptors (Lipinski definition) is 9. The molecule has 0 bridgehead atoms. The molecule has 7 rings (SSSR count). The zero-order valence-corrected chi connectivity index (χ0v) is 26.7. The number of ether oxygens (including phenoxy) is 1. The SMILES string of the molecule is Cc1onc(-c2cccc(-c3ccc(C(=O)N4CCOCC4)cc3)c2)c1-c1csc(C2CCN(C(C=O)c3cccs3)CC2)n1. The largest absolute Gasteiger partial charge is 0.378 e. The van der Waals surface area contributed by atoms with Crippen LogP contribution >= 0.6 is 22.7 Å². The fourth-order valence-corrected chi connectivity index (χ4v) is 8.08. The Bertz CT molecular complexity index is 1770. The molecule has 0 aliphatic carbocycles. The summed E-state index contributed by atoms with van der Waals surface area (Å²) >= 11 is 3.33. The number of thiophene rings is 1. The van der Waals surface area contributed by atoms with Gasteiger partial charge in [0.05, 0.1) is 29.5 Å². The van der Waals surface area contributed by atoms with Crippen LogP contribution in [0.2, 0.25) is 0 Å². The van der Waals surface area contributed by atoms with E-state index in [1.165, 1.54) is 0 Å². The Hall–Kier alpha value is -3.96. The number of thiazole rings is 1. The standard InChI is InChI=1S/C35H34N4O4S2/c1-23-32(29-22-45-34(36-29)25-11-13-38(14-12-25)30(21-40)31-6-3-19-44-31)33(37-43-23)28-5-2-4-27(20-28)24-7-9-26(10-8-24)35(41)39-15-17-42-18-16-39/h2-10,19-22,25,30H,11-18H2,1H3. The van der Waals surface area contributed by atoms with Gasteiger partial charge in [-0.15, -0.1) is 22.7 Å². The van der Waals surface area contributed by atoms with E-state index in [4.69, 9.17) is 14.2 Å². The van der Waals surface area contributed by atoms with Crippen LogP contribution in [0.5, 0.6) is 0 Å². The van der Waals surface area contributed by atoms with Crippen molar-refractivity contribution in [3.8, 4) is 33.6 Å². The quantitative estimate of drug-likeness (QED) is 0.168. The van der Waals surface area contributed by atoms with E-state index in [1.54, 1.807) is 22.7 Å². The minimum absolute atomic E-state index is 0.0398. The Labute approximate surface area is 270 Å². The smallest absolute Gasteiger partial charge is 0.254 e. The average molecular weight is 639 g/mol. The number of aromatic nitrogens is 2. The topological polar surface area (TPSA) is 88.8 Å². The zero-order valence-electron chi connectivity index (χ0n) is 25.1. The van der Waals surface area contributed by atoms with Crippen LogP contribution < -0.4 is 0 Å². The molecule has 0 radical (unpaired) electrons. The van der Waals surface area contributed by atoms with Crippen LogP contribution in [0.1, 0.15) is 50.8 Å². The molecule has 1 amide bonds. The highest BCUT2D eigenvalue weighted by molar-refractivity contribution is 7.10. The molecule has 2 aliphatic rings. The van der Waals surface area contributed by atoms with Gasteiger partial charge in [0.2, 0.25) is 0 Å². The lowest BCUT2D eigenvalue weighted by Gasteiger charge is -2.34. The molecule has 1 unspecified atom stereocenters. The van der Waals surface area contributed by atoms with Gasteiger partial charge in [-0.2, -0.15) is 0 Å². The summed E-state index contributed by atoms with van der Waals surface area (Å²) in [5.74, 6) is 1.14. The van der Waals surface area contributed by atoms with Crippen molar-refractivity contribution in [3.63, 3.8) is 0 Å². The summed E-state index contributed by atoms with van der Waals surface area (Å²) < 4.78 is 11.1. The first-order valence-electron chi connectivity index (χ1n) is 15.3. The molecular formula is C35H34N4O4S2. The summed E-state index contributed by atoms with van der Waals surface area (Å²) in [7, 11) is 0. The molecule has 0 saturated carbocycles. The number of likely N-dealkylation sites (tertiary alicyclic amines) is 1. The van der Waals surface area contributed by atoms with Crippen LogP contribution in [0, 0.1) is 6.92 Å². The minimum atomic E-state index is -0.161. The van der Waals surface area contributed by atoms with Gasteiger partial charge in [0.15, 0.2) is 0 Å². The Morgan fingerprint density at radius 1 is 0.956 bits per heavy atom. The van der Waals surface area contributed by atoms with E-state index >= 15 is 0 Å². The maximum atomic E-state index is 12.9. The molecular weight excluding hydrogens is 605 g/mol. The van der Waals surface area contributed by atoms with E-state index < -0.39 is 0 Å². The molecule has 8 nitrogen and oxygen atoms in total. The summed E-state index contributed by atoms with van der Waals surface area (Å²) in [6.07, 6.45) is 3.01. The van der Waals surface area contributed by atoms with E-state index in [9.17, 15) is 9.59 Å². The lowest BCUT2D eigenvalue weighted by Crippen LogP contribution is -2.40. The van der Waals surface area contributed by atoms with Gasteiger partial charge in [-0.3, -0.25) is 9.69 Å². The molecule has 45 heavy (non-hydrogen) atoms. The second-order valence-electron chi connectivity index (χ2n) is 11.5. The summed E-state index contributed by atoms with van der Waals surface area (Å²) in [6.45, 7) is 6.09. The van der Waals surface area contributed by atoms with Crippen molar-refractivity contribution >= 4 is 34.9 Å². The number of hydrogen-bond donors (Lipinski definition) is 0. The third kappa shape index (κ3) is 6.15. The number of carbonyl (C=O) groups is 2. The van der Waals surface area contributed by atoms with Gasteiger partial charge in [0.25, 0.3) is 5.91 Å². The van der Waals surface area contributed by atoms with Crippen LogP contribution in [-0.2, 0) is 9.53 Å². The fourth-order valence-electron chi connectivity index (χ4n) is 6.28. The molecule has 230 valence electrons. The second kappa shape index (κ2) is 13.2. The van der Waals surface area contributed by atoms with Crippen molar-refractivity contribution in [2.75, 3.05) is 39.4 Å². The van der Waals surface area contributed by atoms with Crippen LogP contribution in [0.4, 0.5) is 0 Å². The molecule has 1 atom stereocenters. The van der Waals surface area contributed by atoms with Crippen LogP contribution in [0.3, 0.4) is 0 Å². The van der Waals surface area contributed by atoms with E-state index in [-0.39, 0.29) is 11.9 Å². The molecule has 0 spiro atoms. The normalized spacial score (nSPS) is 17.0. The highest BCUT2D eigenvalue weighted by Gasteiger charge is 2.29. The molecule has 10 heteroatoms. The van der Waals surface area contributed by atoms with E-state index in [2.05, 4.69) is 27.6 Å². The van der Waals surface area contributed by atoms with Crippen molar-refractivity contribution in [2.24, 2.45) is 0 Å². The van der Waals surface area contributed by atoms with Crippen molar-refractivity contribution in [3.05, 3.63) is 92.6 Å². The van der Waals surface area contributed by atoms with Crippen LogP contribution in [-0.4, -0.2) is 71.5 Å². The first kappa shape index (κ1) is 29.7. The first-order valence-corrected chi connectivity index (χ1v) is 17.1. The highest BCUT2D eigenvalue weighted by atomic mass is 32.1. The third-order valence-electron chi connectivity index (χ3n) is 8.78. The lowest BCUT2D eigenvalue weighted by atomic mass is 9.96. The van der Waals surface area contributed by atoms with Gasteiger partial charge in [-0.05, 0) is 73.6 Å². The maximum Gasteiger partial charge on any atom is 0.254 e. The van der Waals surface area contributed by atoms with Gasteiger partial charge < -0.3 is 19.0 Å². The van der Waals surface area contributed by atoms with Crippen LogP contribution in [0.25, 0.3) is 33.6 Å². The molecule has 2 saturated heterocycles. The minimum Gasteiger partial charge on any atom is -0.378 e. The van der Waals surface area contributed by atoms with E-state index in [0.29, 0.717) is 37.8 Å². The number of aldehydes is 1. The number of piperidine rings is 1. The molecule has 3 aromatic heterocycles. The maximum absolute atomic E-state index is 12.9. The van der Waals surface area contributed by atoms with Gasteiger partial charge in [0.1, 0.15) is 23.8 Å². The predicted octanol–water partition coefficient (Wildman–Crippen LogP) is 7.09. The van der Waals surface area contributed by atoms with Gasteiger partial charge in [-0.25, -0.2) is 4.98 Å². The molecule has 5 aromatic rings. The number of aryl methyl sites for hydroxylation is 1. The number of nitrogens with zero attached hydrogens (tertiary/aromatic N) is 4. The average Bonchev–Trinajstić information content (AvgIpc) is 3.88. The number of rotatable bonds is 8. The van der Waals surface area contributed by atoms with Crippen molar-refractivity contribution in [2.45, 2.75) is 31.7 Å². The van der Waals surface area contributed by atoms with Gasteiger partial charge >= 0.3 is 0 Å². The lowest BCUT2D eigenvalue weighted by molar-refractivity contribution is -0.113. The molecule has 2 fully saturated rings. The summed E-state index contributed by atoms with van der Waals surface area (Å²) in [5.41, 5.74) is 6.25. The summed E-state index contributed by atoms with van der Waals surface area (Å²) in [5, 5.41) is 9.72. The number of morpholine rings is 1. The Morgan fingerprint density at radius 3 is 2.47 bits per heavy atom. The predicted molar refractivity (Wildman–Crippen MR) is 177 cm³/mol. The molecule has 0 N–H and O–H groups in total. The molecule has 2 aliphatic heterocycles. The molecule has 5 heterocycles. The van der Waals surface area contributed by atoms with E-state index in [0.717, 1.165) is 81.5 Å². The zero-order chi connectivity index (χ0) is 30.8. The number of carbonyl (C=O) groups excluding carboxylic acids is 2. The first-order chi connectivity index (χ1) is 22.1. The van der Waals surface area contributed by atoms with Gasteiger partial charge in [0, 0.05) is 40.4 Å². The van der Waals surface area contributed by atoms with Crippen LogP contribution in [0.15, 0.2) is 75.9 Å². The van der Waals surface area contributed by atoms with Crippen molar-refractivity contribution < 1.29 is 18.8 Å².